The van der Waals surface area contributed by atoms with Gasteiger partial charge in [-0.25, -0.2) is 9.18 Å². The van der Waals surface area contributed by atoms with Crippen molar-refractivity contribution in [3.8, 4) is 0 Å². The third kappa shape index (κ3) is 5.41. The Labute approximate surface area is 184 Å². The highest BCUT2D eigenvalue weighted by atomic mass is 32.1. The number of primary amides is 1. The SMILES string of the molecule is Cc1sc(NC(=O)CN(C(=O)Nc2ccccc2F)C2CCCCC2)c(C(N)=O)c1C. The summed E-state index contributed by atoms with van der Waals surface area (Å²) in [6.45, 7) is 3.41. The van der Waals surface area contributed by atoms with Gasteiger partial charge in [0.25, 0.3) is 5.91 Å². The van der Waals surface area contributed by atoms with Crippen LogP contribution in [-0.4, -0.2) is 35.3 Å². The molecule has 166 valence electrons. The summed E-state index contributed by atoms with van der Waals surface area (Å²) in [5, 5.41) is 5.70. The van der Waals surface area contributed by atoms with Crippen molar-refractivity contribution >= 4 is 39.9 Å². The molecule has 0 radical (unpaired) electrons. The first kappa shape index (κ1) is 22.7. The molecule has 1 aliphatic carbocycles. The van der Waals surface area contributed by atoms with Gasteiger partial charge < -0.3 is 21.3 Å². The van der Waals surface area contributed by atoms with E-state index in [9.17, 15) is 18.8 Å². The Kier molecular flexibility index (Phi) is 7.27. The van der Waals surface area contributed by atoms with Gasteiger partial charge in [0.15, 0.2) is 0 Å². The summed E-state index contributed by atoms with van der Waals surface area (Å²) in [5.74, 6) is -1.59. The predicted octanol–water partition coefficient (Wildman–Crippen LogP) is 4.41. The largest absolute Gasteiger partial charge is 0.365 e. The van der Waals surface area contributed by atoms with Crippen molar-refractivity contribution in [1.82, 2.24) is 4.90 Å². The number of para-hydroxylation sites is 1. The third-order valence-corrected chi connectivity index (χ3v) is 6.71. The van der Waals surface area contributed by atoms with Gasteiger partial charge in [0.1, 0.15) is 17.4 Å². The lowest BCUT2D eigenvalue weighted by Crippen LogP contribution is -2.47. The molecule has 7 nitrogen and oxygen atoms in total. The molecule has 0 atom stereocenters. The van der Waals surface area contributed by atoms with E-state index in [2.05, 4.69) is 10.6 Å². The van der Waals surface area contributed by atoms with E-state index in [4.69, 9.17) is 5.73 Å². The van der Waals surface area contributed by atoms with Gasteiger partial charge in [0.2, 0.25) is 5.91 Å². The molecule has 0 saturated heterocycles. The molecule has 0 bridgehead atoms. The Morgan fingerprint density at radius 2 is 1.81 bits per heavy atom. The molecule has 0 spiro atoms. The fourth-order valence-electron chi connectivity index (χ4n) is 3.84. The van der Waals surface area contributed by atoms with Crippen LogP contribution in [0.5, 0.6) is 0 Å². The second-order valence-electron chi connectivity index (χ2n) is 7.73. The van der Waals surface area contributed by atoms with Crippen LogP contribution < -0.4 is 16.4 Å². The van der Waals surface area contributed by atoms with Crippen molar-refractivity contribution in [2.75, 3.05) is 17.2 Å². The number of nitrogens with one attached hydrogen (secondary N) is 2. The van der Waals surface area contributed by atoms with E-state index in [1.165, 1.54) is 28.4 Å². The molecule has 3 rings (SSSR count). The van der Waals surface area contributed by atoms with Crippen molar-refractivity contribution in [1.29, 1.82) is 0 Å². The second kappa shape index (κ2) is 9.91. The number of rotatable bonds is 6. The number of aryl methyl sites for hydroxylation is 1. The van der Waals surface area contributed by atoms with Crippen LogP contribution in [0.4, 0.5) is 19.9 Å². The molecule has 1 saturated carbocycles. The van der Waals surface area contributed by atoms with E-state index in [0.717, 1.165) is 42.5 Å². The van der Waals surface area contributed by atoms with Gasteiger partial charge in [0.05, 0.1) is 11.3 Å². The fraction of sp³-hybridized carbons (Fsp3) is 0.409. The average Bonchev–Trinajstić information content (AvgIpc) is 3.01. The summed E-state index contributed by atoms with van der Waals surface area (Å²) < 4.78 is 14.0. The summed E-state index contributed by atoms with van der Waals surface area (Å²) in [4.78, 5) is 40.0. The van der Waals surface area contributed by atoms with Crippen LogP contribution in [0.15, 0.2) is 24.3 Å². The monoisotopic (exact) mass is 446 g/mol. The second-order valence-corrected chi connectivity index (χ2v) is 8.95. The molecule has 1 aliphatic rings. The van der Waals surface area contributed by atoms with Gasteiger partial charge in [-0.2, -0.15) is 0 Å². The molecule has 4 N–H and O–H groups in total. The maximum Gasteiger partial charge on any atom is 0.322 e. The van der Waals surface area contributed by atoms with Crippen molar-refractivity contribution in [3.05, 3.63) is 46.1 Å². The molecule has 1 aromatic carbocycles. The maximum absolute atomic E-state index is 14.0. The Hall–Kier alpha value is -2.94. The molecular formula is C22H27FN4O3S. The van der Waals surface area contributed by atoms with Crippen molar-refractivity contribution in [2.24, 2.45) is 5.73 Å². The summed E-state index contributed by atoms with van der Waals surface area (Å²) in [7, 11) is 0. The molecule has 1 aromatic heterocycles. The number of hydrogen-bond donors (Lipinski definition) is 3. The first-order valence-corrected chi connectivity index (χ1v) is 11.1. The Morgan fingerprint density at radius 1 is 1.13 bits per heavy atom. The van der Waals surface area contributed by atoms with Gasteiger partial charge in [-0.3, -0.25) is 9.59 Å². The first-order chi connectivity index (χ1) is 14.8. The molecule has 1 heterocycles. The average molecular weight is 447 g/mol. The molecule has 2 aromatic rings. The smallest absolute Gasteiger partial charge is 0.322 e. The summed E-state index contributed by atoms with van der Waals surface area (Å²) in [6.07, 6.45) is 4.57. The molecule has 4 amide bonds. The van der Waals surface area contributed by atoms with E-state index < -0.39 is 23.7 Å². The molecule has 0 aliphatic heterocycles. The maximum atomic E-state index is 14.0. The summed E-state index contributed by atoms with van der Waals surface area (Å²) >= 11 is 1.27. The standard InChI is InChI=1S/C22H27FN4O3S/c1-13-14(2)31-21(19(13)20(24)29)26-18(28)12-27(15-8-4-3-5-9-15)22(30)25-17-11-7-6-10-16(17)23/h6-7,10-11,15H,3-5,8-9,12H2,1-2H3,(H2,24,29)(H,25,30)(H,26,28). The van der Waals surface area contributed by atoms with E-state index in [1.807, 2.05) is 6.92 Å². The normalized spacial score (nSPS) is 14.2. The molecular weight excluding hydrogens is 419 g/mol. The minimum Gasteiger partial charge on any atom is -0.365 e. The lowest BCUT2D eigenvalue weighted by molar-refractivity contribution is -0.117. The number of nitrogens with zero attached hydrogens (tertiary/aromatic N) is 1. The zero-order valence-corrected chi connectivity index (χ0v) is 18.5. The number of nitrogens with two attached hydrogens (primary N) is 1. The van der Waals surface area contributed by atoms with E-state index in [1.54, 1.807) is 19.1 Å². The molecule has 31 heavy (non-hydrogen) atoms. The third-order valence-electron chi connectivity index (χ3n) is 5.59. The number of amides is 4. The van der Waals surface area contributed by atoms with E-state index >= 15 is 0 Å². The van der Waals surface area contributed by atoms with Crippen LogP contribution in [0, 0.1) is 19.7 Å². The number of benzene rings is 1. The summed E-state index contributed by atoms with van der Waals surface area (Å²) in [5.41, 5.74) is 6.56. The predicted molar refractivity (Wildman–Crippen MR) is 120 cm³/mol. The van der Waals surface area contributed by atoms with Gasteiger partial charge in [0, 0.05) is 10.9 Å². The van der Waals surface area contributed by atoms with Crippen LogP contribution >= 0.6 is 11.3 Å². The Bertz CT molecular complexity index is 985. The van der Waals surface area contributed by atoms with Crippen LogP contribution in [0.2, 0.25) is 0 Å². The van der Waals surface area contributed by atoms with Gasteiger partial charge >= 0.3 is 6.03 Å². The number of urea groups is 1. The minimum atomic E-state index is -0.612. The number of thiophene rings is 1. The highest BCUT2D eigenvalue weighted by Gasteiger charge is 2.29. The molecule has 9 heteroatoms. The highest BCUT2D eigenvalue weighted by Crippen LogP contribution is 2.32. The summed E-state index contributed by atoms with van der Waals surface area (Å²) in [6, 6.07) is 5.26. The Morgan fingerprint density at radius 3 is 2.45 bits per heavy atom. The van der Waals surface area contributed by atoms with Crippen LogP contribution in [0.1, 0.15) is 52.9 Å². The topological polar surface area (TPSA) is 105 Å². The zero-order valence-electron chi connectivity index (χ0n) is 17.7. The van der Waals surface area contributed by atoms with Gasteiger partial charge in [-0.05, 0) is 44.4 Å². The van der Waals surface area contributed by atoms with E-state index in [0.29, 0.717) is 5.00 Å². The number of hydrogen-bond acceptors (Lipinski definition) is 4. The van der Waals surface area contributed by atoms with E-state index in [-0.39, 0.29) is 23.8 Å². The van der Waals surface area contributed by atoms with Crippen molar-refractivity contribution < 1.29 is 18.8 Å². The molecule has 1 fully saturated rings. The number of halogens is 1. The lowest BCUT2D eigenvalue weighted by atomic mass is 9.94. The number of anilines is 2. The highest BCUT2D eigenvalue weighted by molar-refractivity contribution is 7.16. The van der Waals surface area contributed by atoms with Crippen LogP contribution in [0.25, 0.3) is 0 Å². The number of carbonyl (C=O) groups excluding carboxylic acids is 3. The van der Waals surface area contributed by atoms with Crippen LogP contribution in [-0.2, 0) is 4.79 Å². The zero-order chi connectivity index (χ0) is 22.5. The lowest BCUT2D eigenvalue weighted by Gasteiger charge is -2.34. The minimum absolute atomic E-state index is 0.0641. The van der Waals surface area contributed by atoms with Gasteiger partial charge in [-0.15, -0.1) is 11.3 Å². The van der Waals surface area contributed by atoms with Crippen molar-refractivity contribution in [3.63, 3.8) is 0 Å². The quantitative estimate of drug-likeness (QED) is 0.612. The van der Waals surface area contributed by atoms with Crippen LogP contribution in [0.3, 0.4) is 0 Å². The number of carbonyl (C=O) groups is 3. The molecule has 0 unspecified atom stereocenters. The Balaban J connectivity index is 1.78. The fourth-order valence-corrected chi connectivity index (χ4v) is 4.92. The van der Waals surface area contributed by atoms with Crippen molar-refractivity contribution in [2.45, 2.75) is 52.0 Å². The van der Waals surface area contributed by atoms with Gasteiger partial charge in [-0.1, -0.05) is 31.4 Å². The first-order valence-electron chi connectivity index (χ1n) is 10.3.